The van der Waals surface area contributed by atoms with Gasteiger partial charge < -0.3 is 14.8 Å². The van der Waals surface area contributed by atoms with Crippen LogP contribution >= 0.6 is 0 Å². The van der Waals surface area contributed by atoms with Crippen LogP contribution in [-0.4, -0.2) is 26.1 Å². The van der Waals surface area contributed by atoms with Crippen molar-refractivity contribution in [2.75, 3.05) is 19.9 Å². The molecule has 0 saturated heterocycles. The molecule has 1 aromatic carbocycles. The molecule has 1 unspecified atom stereocenters. The molecule has 1 aromatic rings. The van der Waals surface area contributed by atoms with Gasteiger partial charge in [-0.25, -0.2) is 0 Å². The van der Waals surface area contributed by atoms with Gasteiger partial charge in [-0.05, 0) is 19.0 Å². The fourth-order valence-electron chi connectivity index (χ4n) is 1.88. The lowest BCUT2D eigenvalue weighted by atomic mass is 10.0. The maximum Gasteiger partial charge on any atom is 0.411 e. The van der Waals surface area contributed by atoms with Gasteiger partial charge in [0, 0.05) is 11.6 Å². The Hall–Kier alpha value is -1.27. The fourth-order valence-corrected chi connectivity index (χ4v) is 1.88. The van der Waals surface area contributed by atoms with Crippen LogP contribution in [0.2, 0.25) is 0 Å². The van der Waals surface area contributed by atoms with Crippen molar-refractivity contribution >= 4 is 0 Å². The molecule has 1 atom stereocenters. The predicted octanol–water partition coefficient (Wildman–Crippen LogP) is 3.66. The average molecular weight is 291 g/mol. The van der Waals surface area contributed by atoms with E-state index in [4.69, 9.17) is 4.74 Å². The molecule has 0 radical (unpaired) electrons. The second-order valence-electron chi connectivity index (χ2n) is 4.28. The third-order valence-corrected chi connectivity index (χ3v) is 2.72. The second-order valence-corrected chi connectivity index (χ2v) is 4.28. The summed E-state index contributed by atoms with van der Waals surface area (Å²) in [5, 5.41) is 3.30. The molecule has 0 heterocycles. The molecule has 0 aromatic heterocycles. The third-order valence-electron chi connectivity index (χ3n) is 2.72. The van der Waals surface area contributed by atoms with Crippen molar-refractivity contribution < 1.29 is 22.6 Å². The van der Waals surface area contributed by atoms with Gasteiger partial charge in [0.05, 0.1) is 0 Å². The van der Waals surface area contributed by atoms with Gasteiger partial charge in [-0.3, -0.25) is 0 Å². The first-order chi connectivity index (χ1) is 9.48. The molecule has 1 rings (SSSR count). The number of hydrogen-bond acceptors (Lipinski definition) is 3. The highest BCUT2D eigenvalue weighted by Gasteiger charge is 2.27. The molecule has 0 saturated carbocycles. The van der Waals surface area contributed by atoms with E-state index in [9.17, 15) is 13.2 Å². The Labute approximate surface area is 117 Å². The van der Waals surface area contributed by atoms with E-state index >= 15 is 0 Å². The zero-order chi connectivity index (χ0) is 15.0. The lowest BCUT2D eigenvalue weighted by Crippen LogP contribution is -2.22. The molecule has 0 amide bonds. The zero-order valence-corrected chi connectivity index (χ0v) is 11.7. The first-order valence-corrected chi connectivity index (χ1v) is 6.57. The zero-order valence-electron chi connectivity index (χ0n) is 11.7. The number of para-hydroxylation sites is 1. The topological polar surface area (TPSA) is 30.5 Å². The third kappa shape index (κ3) is 5.79. The van der Waals surface area contributed by atoms with Crippen LogP contribution in [0, 0.1) is 0 Å². The van der Waals surface area contributed by atoms with E-state index in [-0.39, 0.29) is 6.04 Å². The summed E-state index contributed by atoms with van der Waals surface area (Å²) in [6, 6.07) is 7.39. The van der Waals surface area contributed by atoms with Crippen LogP contribution in [0.5, 0.6) is 5.75 Å². The number of nitrogens with one attached hydrogen (secondary N) is 1. The van der Waals surface area contributed by atoms with E-state index in [1.165, 1.54) is 0 Å². The molecule has 6 heteroatoms. The molecule has 0 aliphatic rings. The standard InChI is InChI=1S/C14H20F3NO2/c1-3-12(18-4-2)11-7-5-6-8-13(11)20-10-19-9-14(15,16)17/h5-8,12,18H,3-4,9-10H2,1-2H3. The molecule has 0 aliphatic heterocycles. The molecule has 114 valence electrons. The van der Waals surface area contributed by atoms with Crippen molar-refractivity contribution in [3.05, 3.63) is 29.8 Å². The average Bonchev–Trinajstić information content (AvgIpc) is 2.40. The van der Waals surface area contributed by atoms with Crippen molar-refractivity contribution in [1.82, 2.24) is 5.32 Å². The highest BCUT2D eigenvalue weighted by molar-refractivity contribution is 5.35. The van der Waals surface area contributed by atoms with Crippen molar-refractivity contribution in [2.24, 2.45) is 0 Å². The number of rotatable bonds is 8. The van der Waals surface area contributed by atoms with Gasteiger partial charge in [0.15, 0.2) is 6.79 Å². The van der Waals surface area contributed by atoms with E-state index in [1.54, 1.807) is 12.1 Å². The largest absolute Gasteiger partial charge is 0.467 e. The Balaban J connectivity index is 2.61. The van der Waals surface area contributed by atoms with Crippen LogP contribution in [0.3, 0.4) is 0 Å². The van der Waals surface area contributed by atoms with E-state index < -0.39 is 19.6 Å². The van der Waals surface area contributed by atoms with Crippen LogP contribution in [0.4, 0.5) is 13.2 Å². The number of hydrogen-bond donors (Lipinski definition) is 1. The van der Waals surface area contributed by atoms with Crippen molar-refractivity contribution in [3.63, 3.8) is 0 Å². The highest BCUT2D eigenvalue weighted by Crippen LogP contribution is 2.27. The maximum absolute atomic E-state index is 12.0. The molecule has 0 bridgehead atoms. The van der Waals surface area contributed by atoms with Gasteiger partial charge in [0.2, 0.25) is 0 Å². The van der Waals surface area contributed by atoms with Gasteiger partial charge in [0.1, 0.15) is 12.4 Å². The fraction of sp³-hybridized carbons (Fsp3) is 0.571. The van der Waals surface area contributed by atoms with Crippen molar-refractivity contribution in [2.45, 2.75) is 32.5 Å². The second kappa shape index (κ2) is 8.11. The molecular weight excluding hydrogens is 271 g/mol. The Morgan fingerprint density at radius 3 is 2.50 bits per heavy atom. The van der Waals surface area contributed by atoms with Gasteiger partial charge in [0.25, 0.3) is 0 Å². The summed E-state index contributed by atoms with van der Waals surface area (Å²) in [6.45, 7) is 3.11. The summed E-state index contributed by atoms with van der Waals surface area (Å²) < 4.78 is 45.6. The molecule has 0 aliphatic carbocycles. The molecule has 0 spiro atoms. The molecule has 1 N–H and O–H groups in total. The van der Waals surface area contributed by atoms with E-state index in [0.717, 1.165) is 18.5 Å². The van der Waals surface area contributed by atoms with Crippen LogP contribution in [0.1, 0.15) is 31.9 Å². The number of benzene rings is 1. The Morgan fingerprint density at radius 2 is 1.90 bits per heavy atom. The van der Waals surface area contributed by atoms with E-state index in [1.807, 2.05) is 26.0 Å². The number of halogens is 3. The predicted molar refractivity (Wildman–Crippen MR) is 70.7 cm³/mol. The SMILES string of the molecule is CCNC(CC)c1ccccc1OCOCC(F)(F)F. The van der Waals surface area contributed by atoms with Gasteiger partial charge >= 0.3 is 6.18 Å². The lowest BCUT2D eigenvalue weighted by molar-refractivity contribution is -0.186. The Kier molecular flexibility index (Phi) is 6.81. The van der Waals surface area contributed by atoms with Crippen LogP contribution < -0.4 is 10.1 Å². The quantitative estimate of drug-likeness (QED) is 0.585. The summed E-state index contributed by atoms with van der Waals surface area (Å²) in [6.07, 6.45) is -3.48. The van der Waals surface area contributed by atoms with Gasteiger partial charge in [-0.2, -0.15) is 13.2 Å². The Morgan fingerprint density at radius 1 is 1.20 bits per heavy atom. The first kappa shape index (κ1) is 16.8. The first-order valence-electron chi connectivity index (χ1n) is 6.57. The molecule has 20 heavy (non-hydrogen) atoms. The highest BCUT2D eigenvalue weighted by atomic mass is 19.4. The van der Waals surface area contributed by atoms with E-state index in [0.29, 0.717) is 5.75 Å². The molecule has 0 fully saturated rings. The van der Waals surface area contributed by atoms with Crippen molar-refractivity contribution in [1.29, 1.82) is 0 Å². The normalized spacial score (nSPS) is 13.2. The van der Waals surface area contributed by atoms with Crippen LogP contribution in [-0.2, 0) is 4.74 Å². The monoisotopic (exact) mass is 291 g/mol. The van der Waals surface area contributed by atoms with E-state index in [2.05, 4.69) is 10.1 Å². The maximum atomic E-state index is 12.0. The minimum atomic E-state index is -4.33. The summed E-state index contributed by atoms with van der Waals surface area (Å²) in [5.41, 5.74) is 0.924. The number of alkyl halides is 3. The summed E-state index contributed by atoms with van der Waals surface area (Å²) in [4.78, 5) is 0. The van der Waals surface area contributed by atoms with Crippen molar-refractivity contribution in [3.8, 4) is 5.75 Å². The number of ether oxygens (including phenoxy) is 2. The Bertz CT molecular complexity index is 396. The molecular formula is C14H20F3NO2. The van der Waals surface area contributed by atoms with Gasteiger partial charge in [-0.1, -0.05) is 32.0 Å². The molecule has 3 nitrogen and oxygen atoms in total. The minimum Gasteiger partial charge on any atom is -0.467 e. The summed E-state index contributed by atoms with van der Waals surface area (Å²) in [5.74, 6) is 0.544. The smallest absolute Gasteiger partial charge is 0.411 e. The minimum absolute atomic E-state index is 0.110. The lowest BCUT2D eigenvalue weighted by Gasteiger charge is -2.20. The van der Waals surface area contributed by atoms with Crippen LogP contribution in [0.15, 0.2) is 24.3 Å². The van der Waals surface area contributed by atoms with Gasteiger partial charge in [-0.15, -0.1) is 0 Å². The van der Waals surface area contributed by atoms with Crippen LogP contribution in [0.25, 0.3) is 0 Å². The summed E-state index contributed by atoms with van der Waals surface area (Å²) in [7, 11) is 0. The summed E-state index contributed by atoms with van der Waals surface area (Å²) >= 11 is 0.